The zero-order valence-corrected chi connectivity index (χ0v) is 16.9. The molecule has 0 radical (unpaired) electrons. The SMILES string of the molecule is C=CCN(CC(=O)OCC)C(=O)COc1ccc(C(=O)OCc2ccccc2)cc1. The van der Waals surface area contributed by atoms with Crippen LogP contribution in [0, 0.1) is 0 Å². The molecule has 0 fully saturated rings. The highest BCUT2D eigenvalue weighted by Crippen LogP contribution is 2.14. The molecule has 158 valence electrons. The summed E-state index contributed by atoms with van der Waals surface area (Å²) in [5.41, 5.74) is 1.27. The first-order valence-corrected chi connectivity index (χ1v) is 9.51. The Hall–Kier alpha value is -3.61. The summed E-state index contributed by atoms with van der Waals surface area (Å²) in [6.45, 7) is 5.48. The summed E-state index contributed by atoms with van der Waals surface area (Å²) >= 11 is 0. The van der Waals surface area contributed by atoms with E-state index in [0.29, 0.717) is 11.3 Å². The van der Waals surface area contributed by atoms with Crippen LogP contribution in [-0.4, -0.2) is 49.0 Å². The Kier molecular flexibility index (Phi) is 9.12. The molecule has 2 aromatic rings. The molecule has 7 nitrogen and oxygen atoms in total. The molecule has 2 aromatic carbocycles. The molecule has 0 saturated heterocycles. The van der Waals surface area contributed by atoms with E-state index in [1.54, 1.807) is 31.2 Å². The lowest BCUT2D eigenvalue weighted by molar-refractivity contribution is -0.149. The van der Waals surface area contributed by atoms with Gasteiger partial charge in [0.2, 0.25) is 0 Å². The third-order valence-electron chi connectivity index (χ3n) is 3.99. The average Bonchev–Trinajstić information content (AvgIpc) is 2.76. The summed E-state index contributed by atoms with van der Waals surface area (Å²) in [5.74, 6) is -0.911. The standard InChI is InChI=1S/C23H25NO6/c1-3-14-24(15-22(26)28-4-2)21(25)17-29-20-12-10-19(11-13-20)23(27)30-16-18-8-6-5-7-9-18/h3,5-13H,1,4,14-17H2,2H3. The number of carbonyl (C=O) groups is 3. The highest BCUT2D eigenvalue weighted by molar-refractivity contribution is 5.89. The number of rotatable bonds is 11. The Balaban J connectivity index is 1.85. The fourth-order valence-corrected chi connectivity index (χ4v) is 2.50. The number of carbonyl (C=O) groups excluding carboxylic acids is 3. The molecule has 2 rings (SSSR count). The van der Waals surface area contributed by atoms with Gasteiger partial charge >= 0.3 is 11.9 Å². The van der Waals surface area contributed by atoms with E-state index in [2.05, 4.69) is 6.58 Å². The van der Waals surface area contributed by atoms with Crippen molar-refractivity contribution in [2.75, 3.05) is 26.3 Å². The van der Waals surface area contributed by atoms with Crippen LogP contribution in [0.25, 0.3) is 0 Å². The molecule has 30 heavy (non-hydrogen) atoms. The van der Waals surface area contributed by atoms with Gasteiger partial charge in [0.05, 0.1) is 12.2 Å². The second kappa shape index (κ2) is 12.1. The van der Waals surface area contributed by atoms with E-state index in [4.69, 9.17) is 14.2 Å². The van der Waals surface area contributed by atoms with Crippen LogP contribution in [-0.2, 0) is 25.7 Å². The molecule has 0 spiro atoms. The number of hydrogen-bond acceptors (Lipinski definition) is 6. The maximum atomic E-state index is 12.3. The van der Waals surface area contributed by atoms with Gasteiger partial charge in [0, 0.05) is 6.54 Å². The zero-order valence-electron chi connectivity index (χ0n) is 16.9. The van der Waals surface area contributed by atoms with Gasteiger partial charge in [0.1, 0.15) is 18.9 Å². The molecule has 1 amide bonds. The second-order valence-corrected chi connectivity index (χ2v) is 6.24. The van der Waals surface area contributed by atoms with Gasteiger partial charge in [-0.15, -0.1) is 6.58 Å². The Bertz CT molecular complexity index is 848. The maximum Gasteiger partial charge on any atom is 0.338 e. The lowest BCUT2D eigenvalue weighted by Crippen LogP contribution is -2.39. The molecular weight excluding hydrogens is 386 g/mol. The second-order valence-electron chi connectivity index (χ2n) is 6.24. The number of esters is 2. The van der Waals surface area contributed by atoms with Crippen molar-refractivity contribution in [3.8, 4) is 5.75 Å². The predicted octanol–water partition coefficient (Wildman–Crippen LogP) is 3.00. The number of ether oxygens (including phenoxy) is 3. The van der Waals surface area contributed by atoms with E-state index in [1.165, 1.54) is 11.0 Å². The molecule has 0 N–H and O–H groups in total. The van der Waals surface area contributed by atoms with Gasteiger partial charge < -0.3 is 19.1 Å². The molecule has 7 heteroatoms. The lowest BCUT2D eigenvalue weighted by atomic mass is 10.2. The highest BCUT2D eigenvalue weighted by Gasteiger charge is 2.17. The van der Waals surface area contributed by atoms with Crippen LogP contribution in [0.1, 0.15) is 22.8 Å². The Labute approximate surface area is 175 Å². The number of hydrogen-bond donors (Lipinski definition) is 0. The number of benzene rings is 2. The number of amides is 1. The van der Waals surface area contributed by atoms with E-state index in [-0.39, 0.29) is 38.8 Å². The first-order valence-electron chi connectivity index (χ1n) is 9.51. The minimum absolute atomic E-state index is 0.172. The van der Waals surface area contributed by atoms with Crippen LogP contribution in [0.2, 0.25) is 0 Å². The summed E-state index contributed by atoms with van der Waals surface area (Å²) in [6.07, 6.45) is 1.52. The van der Waals surface area contributed by atoms with Crippen molar-refractivity contribution < 1.29 is 28.6 Å². The van der Waals surface area contributed by atoms with E-state index in [1.807, 2.05) is 30.3 Å². The molecular formula is C23H25NO6. The van der Waals surface area contributed by atoms with Crippen LogP contribution in [0.15, 0.2) is 67.3 Å². The monoisotopic (exact) mass is 411 g/mol. The van der Waals surface area contributed by atoms with Gasteiger partial charge in [-0.2, -0.15) is 0 Å². The summed E-state index contributed by atoms with van der Waals surface area (Å²) in [7, 11) is 0. The highest BCUT2D eigenvalue weighted by atomic mass is 16.5. The van der Waals surface area contributed by atoms with Gasteiger partial charge in [-0.1, -0.05) is 36.4 Å². The minimum Gasteiger partial charge on any atom is -0.484 e. The van der Waals surface area contributed by atoms with Crippen LogP contribution >= 0.6 is 0 Å². The molecule has 0 atom stereocenters. The molecule has 0 aliphatic rings. The van der Waals surface area contributed by atoms with Crippen molar-refractivity contribution in [2.45, 2.75) is 13.5 Å². The van der Waals surface area contributed by atoms with E-state index >= 15 is 0 Å². The van der Waals surface area contributed by atoms with Gasteiger partial charge in [0.25, 0.3) is 5.91 Å². The smallest absolute Gasteiger partial charge is 0.338 e. The van der Waals surface area contributed by atoms with Gasteiger partial charge in [-0.25, -0.2) is 4.79 Å². The first-order chi connectivity index (χ1) is 14.5. The Morgan fingerprint density at radius 2 is 1.70 bits per heavy atom. The molecule has 0 saturated carbocycles. The summed E-state index contributed by atoms with van der Waals surface area (Å²) in [4.78, 5) is 37.4. The van der Waals surface area contributed by atoms with Gasteiger partial charge in [-0.3, -0.25) is 9.59 Å². The summed E-state index contributed by atoms with van der Waals surface area (Å²) in [6, 6.07) is 15.7. The first kappa shape index (κ1) is 22.7. The Morgan fingerprint density at radius 1 is 1.00 bits per heavy atom. The van der Waals surface area contributed by atoms with E-state index in [0.717, 1.165) is 5.56 Å². The molecule has 0 aromatic heterocycles. The Morgan fingerprint density at radius 3 is 2.33 bits per heavy atom. The fraction of sp³-hybridized carbons (Fsp3) is 0.261. The van der Waals surface area contributed by atoms with Crippen LogP contribution in [0.4, 0.5) is 0 Å². The fourth-order valence-electron chi connectivity index (χ4n) is 2.50. The van der Waals surface area contributed by atoms with Crippen molar-refractivity contribution >= 4 is 17.8 Å². The topological polar surface area (TPSA) is 82.1 Å². The van der Waals surface area contributed by atoms with Crippen LogP contribution in [0.3, 0.4) is 0 Å². The predicted molar refractivity (Wildman–Crippen MR) is 111 cm³/mol. The zero-order chi connectivity index (χ0) is 21.8. The summed E-state index contributed by atoms with van der Waals surface area (Å²) in [5, 5.41) is 0. The molecule has 0 bridgehead atoms. The third kappa shape index (κ3) is 7.43. The molecule has 0 unspecified atom stereocenters. The maximum absolute atomic E-state index is 12.3. The number of nitrogens with zero attached hydrogens (tertiary/aromatic N) is 1. The molecule has 0 heterocycles. The van der Waals surface area contributed by atoms with Crippen molar-refractivity contribution in [2.24, 2.45) is 0 Å². The molecule has 0 aliphatic heterocycles. The van der Waals surface area contributed by atoms with Crippen molar-refractivity contribution in [1.82, 2.24) is 4.90 Å². The van der Waals surface area contributed by atoms with Crippen LogP contribution in [0.5, 0.6) is 5.75 Å². The van der Waals surface area contributed by atoms with Gasteiger partial charge in [0.15, 0.2) is 6.61 Å². The lowest BCUT2D eigenvalue weighted by Gasteiger charge is -2.20. The van der Waals surface area contributed by atoms with Gasteiger partial charge in [-0.05, 0) is 36.8 Å². The van der Waals surface area contributed by atoms with Crippen molar-refractivity contribution in [3.63, 3.8) is 0 Å². The summed E-state index contributed by atoms with van der Waals surface area (Å²) < 4.78 is 15.6. The van der Waals surface area contributed by atoms with Crippen LogP contribution < -0.4 is 4.74 Å². The van der Waals surface area contributed by atoms with Crippen molar-refractivity contribution in [1.29, 1.82) is 0 Å². The van der Waals surface area contributed by atoms with E-state index in [9.17, 15) is 14.4 Å². The quantitative estimate of drug-likeness (QED) is 0.418. The van der Waals surface area contributed by atoms with Crippen molar-refractivity contribution in [3.05, 3.63) is 78.4 Å². The molecule has 0 aliphatic carbocycles. The third-order valence-corrected chi connectivity index (χ3v) is 3.99. The average molecular weight is 411 g/mol. The minimum atomic E-state index is -0.494. The largest absolute Gasteiger partial charge is 0.484 e. The van der Waals surface area contributed by atoms with E-state index < -0.39 is 11.9 Å². The normalized spacial score (nSPS) is 10.0.